The van der Waals surface area contributed by atoms with Gasteiger partial charge in [-0.25, -0.2) is 4.98 Å². The zero-order valence-electron chi connectivity index (χ0n) is 7.81. The minimum atomic E-state index is -0.286. The van der Waals surface area contributed by atoms with Gasteiger partial charge in [-0.1, -0.05) is 6.07 Å². The highest BCUT2D eigenvalue weighted by atomic mass is 15.2. The summed E-state index contributed by atoms with van der Waals surface area (Å²) in [6.07, 6.45) is 3.19. The Labute approximate surface area is 81.4 Å². The van der Waals surface area contributed by atoms with E-state index in [9.17, 15) is 0 Å². The van der Waals surface area contributed by atoms with Crippen LogP contribution < -0.4 is 5.73 Å². The molecule has 0 bridgehead atoms. The highest BCUT2D eigenvalue weighted by Gasteiger charge is 2.11. The smallest absolute Gasteiger partial charge is 0.145 e. The maximum Gasteiger partial charge on any atom is 0.145 e. The molecule has 0 saturated carbocycles. The number of aromatic nitrogens is 4. The first-order valence-electron chi connectivity index (χ1n) is 4.31. The Kier molecular flexibility index (Phi) is 2.24. The third-order valence-corrected chi connectivity index (χ3v) is 2.02. The second kappa shape index (κ2) is 3.55. The summed E-state index contributed by atoms with van der Waals surface area (Å²) in [7, 11) is 0. The Morgan fingerprint density at radius 3 is 2.79 bits per heavy atom. The van der Waals surface area contributed by atoms with E-state index < -0.39 is 0 Å². The van der Waals surface area contributed by atoms with Gasteiger partial charge in [0, 0.05) is 11.9 Å². The first-order chi connectivity index (χ1) is 6.77. The van der Waals surface area contributed by atoms with Crippen molar-refractivity contribution in [3.05, 3.63) is 41.7 Å². The fourth-order valence-corrected chi connectivity index (χ4v) is 1.19. The van der Waals surface area contributed by atoms with Gasteiger partial charge in [-0.3, -0.25) is 10.1 Å². The fraction of sp³-hybridized carbons (Fsp3) is 0.222. The Hall–Kier alpha value is -1.75. The van der Waals surface area contributed by atoms with Gasteiger partial charge in [0.15, 0.2) is 0 Å². The second-order valence-electron chi connectivity index (χ2n) is 3.08. The van der Waals surface area contributed by atoms with Crippen LogP contribution in [0, 0.1) is 6.92 Å². The molecule has 5 nitrogen and oxygen atoms in total. The van der Waals surface area contributed by atoms with Crippen LogP contribution in [0.5, 0.6) is 0 Å². The van der Waals surface area contributed by atoms with Crippen molar-refractivity contribution in [2.24, 2.45) is 5.73 Å². The molecule has 0 radical (unpaired) electrons. The van der Waals surface area contributed by atoms with Gasteiger partial charge in [0.25, 0.3) is 0 Å². The SMILES string of the molecule is Cc1ccc(C(N)c2ncn[nH]2)cn1. The Balaban J connectivity index is 2.28. The van der Waals surface area contributed by atoms with Crippen LogP contribution in [0.3, 0.4) is 0 Å². The summed E-state index contributed by atoms with van der Waals surface area (Å²) in [5, 5.41) is 6.49. The molecule has 2 aromatic rings. The summed E-state index contributed by atoms with van der Waals surface area (Å²) < 4.78 is 0. The molecular weight excluding hydrogens is 178 g/mol. The number of nitrogens with zero attached hydrogens (tertiary/aromatic N) is 3. The molecule has 5 heteroatoms. The number of H-pyrrole nitrogens is 1. The summed E-state index contributed by atoms with van der Waals surface area (Å²) >= 11 is 0. The van der Waals surface area contributed by atoms with Crippen molar-refractivity contribution in [2.75, 3.05) is 0 Å². The Morgan fingerprint density at radius 2 is 2.21 bits per heavy atom. The van der Waals surface area contributed by atoms with Crippen molar-refractivity contribution >= 4 is 0 Å². The zero-order valence-corrected chi connectivity index (χ0v) is 7.81. The average Bonchev–Trinajstić information content (AvgIpc) is 2.71. The highest BCUT2D eigenvalue weighted by molar-refractivity contribution is 5.21. The molecule has 72 valence electrons. The minimum absolute atomic E-state index is 0.286. The van der Waals surface area contributed by atoms with Gasteiger partial charge >= 0.3 is 0 Å². The molecule has 1 unspecified atom stereocenters. The quantitative estimate of drug-likeness (QED) is 0.723. The van der Waals surface area contributed by atoms with E-state index in [1.807, 2.05) is 19.1 Å². The predicted octanol–water partition coefficient (Wildman–Crippen LogP) is 0.556. The maximum absolute atomic E-state index is 5.94. The van der Waals surface area contributed by atoms with Gasteiger partial charge in [-0.2, -0.15) is 5.10 Å². The topological polar surface area (TPSA) is 80.5 Å². The third kappa shape index (κ3) is 1.62. The number of pyridine rings is 1. The van der Waals surface area contributed by atoms with Crippen LogP contribution in [0.2, 0.25) is 0 Å². The number of hydrogen-bond donors (Lipinski definition) is 2. The van der Waals surface area contributed by atoms with E-state index in [-0.39, 0.29) is 6.04 Å². The molecule has 3 N–H and O–H groups in total. The lowest BCUT2D eigenvalue weighted by molar-refractivity contribution is 0.781. The van der Waals surface area contributed by atoms with E-state index in [1.54, 1.807) is 6.20 Å². The van der Waals surface area contributed by atoms with E-state index in [2.05, 4.69) is 20.2 Å². The summed E-state index contributed by atoms with van der Waals surface area (Å²) in [5.74, 6) is 0.649. The molecule has 1 atom stereocenters. The molecular formula is C9H11N5. The molecule has 2 aromatic heterocycles. The van der Waals surface area contributed by atoms with Crippen LogP contribution in [0.4, 0.5) is 0 Å². The molecule has 2 rings (SSSR count). The molecule has 0 spiro atoms. The molecule has 0 aliphatic carbocycles. The van der Waals surface area contributed by atoms with Gasteiger partial charge in [0.1, 0.15) is 12.2 Å². The number of hydrogen-bond acceptors (Lipinski definition) is 4. The van der Waals surface area contributed by atoms with Crippen LogP contribution >= 0.6 is 0 Å². The van der Waals surface area contributed by atoms with Crippen LogP contribution in [-0.4, -0.2) is 20.2 Å². The van der Waals surface area contributed by atoms with Gasteiger partial charge in [0.05, 0.1) is 6.04 Å². The van der Waals surface area contributed by atoms with Crippen molar-refractivity contribution in [3.8, 4) is 0 Å². The number of aryl methyl sites for hydroxylation is 1. The van der Waals surface area contributed by atoms with Crippen molar-refractivity contribution in [1.29, 1.82) is 0 Å². The molecule has 0 aliphatic rings. The van der Waals surface area contributed by atoms with Crippen molar-refractivity contribution in [3.63, 3.8) is 0 Å². The number of rotatable bonds is 2. The molecule has 2 heterocycles. The summed E-state index contributed by atoms with van der Waals surface area (Å²) in [5.41, 5.74) is 7.83. The summed E-state index contributed by atoms with van der Waals surface area (Å²) in [4.78, 5) is 8.16. The van der Waals surface area contributed by atoms with E-state index in [4.69, 9.17) is 5.73 Å². The monoisotopic (exact) mass is 189 g/mol. The lowest BCUT2D eigenvalue weighted by Crippen LogP contribution is -2.13. The standard InChI is InChI=1S/C9H11N5/c1-6-2-3-7(4-11-6)8(10)9-12-5-13-14-9/h2-5,8H,10H2,1H3,(H,12,13,14). The van der Waals surface area contributed by atoms with Crippen LogP contribution in [0.1, 0.15) is 23.1 Å². The highest BCUT2D eigenvalue weighted by Crippen LogP contribution is 2.14. The predicted molar refractivity (Wildman–Crippen MR) is 51.4 cm³/mol. The number of aromatic amines is 1. The molecule has 0 aromatic carbocycles. The van der Waals surface area contributed by atoms with Crippen molar-refractivity contribution < 1.29 is 0 Å². The summed E-state index contributed by atoms with van der Waals surface area (Å²) in [6.45, 7) is 1.93. The van der Waals surface area contributed by atoms with Crippen molar-refractivity contribution in [2.45, 2.75) is 13.0 Å². The van der Waals surface area contributed by atoms with Gasteiger partial charge in [-0.05, 0) is 18.6 Å². The lowest BCUT2D eigenvalue weighted by atomic mass is 10.1. The maximum atomic E-state index is 5.94. The van der Waals surface area contributed by atoms with E-state index in [0.717, 1.165) is 11.3 Å². The Bertz CT molecular complexity index is 392. The largest absolute Gasteiger partial charge is 0.318 e. The van der Waals surface area contributed by atoms with E-state index in [1.165, 1.54) is 6.33 Å². The van der Waals surface area contributed by atoms with Gasteiger partial charge in [0.2, 0.25) is 0 Å². The normalized spacial score (nSPS) is 12.7. The lowest BCUT2D eigenvalue weighted by Gasteiger charge is -2.07. The molecule has 0 saturated heterocycles. The number of nitrogens with two attached hydrogens (primary N) is 1. The first-order valence-corrected chi connectivity index (χ1v) is 4.31. The van der Waals surface area contributed by atoms with Crippen LogP contribution in [0.15, 0.2) is 24.7 Å². The zero-order chi connectivity index (χ0) is 9.97. The Morgan fingerprint density at radius 1 is 1.36 bits per heavy atom. The van der Waals surface area contributed by atoms with Crippen LogP contribution in [0.25, 0.3) is 0 Å². The fourth-order valence-electron chi connectivity index (χ4n) is 1.19. The first kappa shape index (κ1) is 8.83. The minimum Gasteiger partial charge on any atom is -0.318 e. The van der Waals surface area contributed by atoms with Crippen molar-refractivity contribution in [1.82, 2.24) is 20.2 Å². The molecule has 14 heavy (non-hydrogen) atoms. The molecule has 0 fully saturated rings. The van der Waals surface area contributed by atoms with Gasteiger partial charge < -0.3 is 5.73 Å². The molecule has 0 aliphatic heterocycles. The van der Waals surface area contributed by atoms with Gasteiger partial charge in [-0.15, -0.1) is 0 Å². The second-order valence-corrected chi connectivity index (χ2v) is 3.08. The molecule has 0 amide bonds. The van der Waals surface area contributed by atoms with E-state index in [0.29, 0.717) is 5.82 Å². The van der Waals surface area contributed by atoms with Crippen LogP contribution in [-0.2, 0) is 0 Å². The van der Waals surface area contributed by atoms with E-state index >= 15 is 0 Å². The third-order valence-electron chi connectivity index (χ3n) is 2.02. The average molecular weight is 189 g/mol. The summed E-state index contributed by atoms with van der Waals surface area (Å²) in [6, 6.07) is 3.58. The number of nitrogens with one attached hydrogen (secondary N) is 1.